The topological polar surface area (TPSA) is 48.2 Å². The summed E-state index contributed by atoms with van der Waals surface area (Å²) in [7, 11) is 0. The molecule has 3 heteroatoms. The van der Waals surface area contributed by atoms with Gasteiger partial charge in [0.15, 0.2) is 11.6 Å². The van der Waals surface area contributed by atoms with Gasteiger partial charge in [0.1, 0.15) is 5.56 Å². The lowest BCUT2D eigenvalue weighted by Crippen LogP contribution is -2.12. The van der Waals surface area contributed by atoms with E-state index in [9.17, 15) is 9.59 Å². The van der Waals surface area contributed by atoms with Crippen LogP contribution in [-0.4, -0.2) is 12.2 Å². The largest absolute Gasteiger partial charge is 0.460 e. The zero-order chi connectivity index (χ0) is 12.1. The predicted molar refractivity (Wildman–Crippen MR) is 64.4 cm³/mol. The Balaban J connectivity index is 2.23. The molecule has 0 aromatic heterocycles. The fraction of sp³-hybridized carbons (Fsp3) is 0. The Kier molecular flexibility index (Phi) is 3.43. The summed E-state index contributed by atoms with van der Waals surface area (Å²) in [6, 6.07) is 15.5. The first kappa shape index (κ1) is 11.2. The minimum atomic E-state index is -0.404. The van der Waals surface area contributed by atoms with Crippen LogP contribution in [0.1, 0.15) is 20.7 Å². The molecule has 2 aromatic rings. The molecule has 0 spiro atoms. The van der Waals surface area contributed by atoms with E-state index in [2.05, 4.69) is 5.32 Å². The number of rotatable bonds is 3. The van der Waals surface area contributed by atoms with Gasteiger partial charge >= 0.3 is 5.91 Å². The number of nitrogens with zero attached hydrogens (tertiary/aromatic N) is 1. The van der Waals surface area contributed by atoms with E-state index in [1.165, 1.54) is 0 Å². The molecule has 0 N–H and O–H groups in total. The van der Waals surface area contributed by atoms with Crippen molar-refractivity contribution < 1.29 is 9.59 Å². The van der Waals surface area contributed by atoms with Crippen molar-refractivity contribution in [1.82, 2.24) is 5.32 Å². The molecule has 17 heavy (non-hydrogen) atoms. The summed E-state index contributed by atoms with van der Waals surface area (Å²) >= 11 is 0. The lowest BCUT2D eigenvalue weighted by Gasteiger charge is -1.93. The minimum absolute atomic E-state index is 0.325. The average Bonchev–Trinajstić information content (AvgIpc) is 2.40. The molecule has 0 unspecified atom stereocenters. The number of hydrogen-bond donors (Lipinski definition) is 0. The van der Waals surface area contributed by atoms with E-state index < -0.39 is 5.91 Å². The molecule has 0 aliphatic carbocycles. The highest BCUT2D eigenvalue weighted by molar-refractivity contribution is 6.02. The third-order valence-electron chi connectivity index (χ3n) is 2.31. The van der Waals surface area contributed by atoms with E-state index in [1.807, 2.05) is 6.07 Å². The van der Waals surface area contributed by atoms with Crippen molar-refractivity contribution in [2.75, 3.05) is 0 Å². The van der Waals surface area contributed by atoms with Gasteiger partial charge in [0.2, 0.25) is 0 Å². The number of carbonyl (C=O) groups is 2. The number of aldehydes is 1. The zero-order valence-corrected chi connectivity index (χ0v) is 9.04. The second kappa shape index (κ2) is 5.18. The highest BCUT2D eigenvalue weighted by Gasteiger charge is 2.25. The van der Waals surface area contributed by atoms with Crippen LogP contribution in [0.15, 0.2) is 54.6 Å². The Morgan fingerprint density at radius 1 is 0.941 bits per heavy atom. The van der Waals surface area contributed by atoms with Gasteiger partial charge in [0, 0.05) is 17.7 Å². The van der Waals surface area contributed by atoms with Crippen molar-refractivity contribution in [3.8, 4) is 0 Å². The maximum Gasteiger partial charge on any atom is 0.460 e. The monoisotopic (exact) mass is 224 g/mol. The molecule has 0 fully saturated rings. The minimum Gasteiger partial charge on any atom is -0.298 e. The summed E-state index contributed by atoms with van der Waals surface area (Å²) in [5, 5.41) is 3.94. The van der Waals surface area contributed by atoms with Gasteiger partial charge in [-0.1, -0.05) is 36.4 Å². The second-order valence-corrected chi connectivity index (χ2v) is 3.46. The Hall–Kier alpha value is -2.26. The van der Waals surface area contributed by atoms with E-state index in [0.717, 1.165) is 0 Å². The van der Waals surface area contributed by atoms with Crippen molar-refractivity contribution in [2.24, 2.45) is 0 Å². The third kappa shape index (κ3) is 2.65. The number of hydrogen-bond acceptors (Lipinski definition) is 2. The Morgan fingerprint density at radius 3 is 2.29 bits per heavy atom. The first-order valence-electron chi connectivity index (χ1n) is 5.16. The summed E-state index contributed by atoms with van der Waals surface area (Å²) in [5.74, 6) is -0.404. The van der Waals surface area contributed by atoms with Crippen LogP contribution < -0.4 is 5.32 Å². The lowest BCUT2D eigenvalue weighted by molar-refractivity contribution is 0.0963. The number of amides is 1. The van der Waals surface area contributed by atoms with Gasteiger partial charge in [-0.25, -0.2) is 4.79 Å². The van der Waals surface area contributed by atoms with E-state index in [1.54, 1.807) is 48.5 Å². The Morgan fingerprint density at radius 2 is 1.59 bits per heavy atom. The zero-order valence-electron chi connectivity index (χ0n) is 9.04. The molecule has 0 saturated heterocycles. The van der Waals surface area contributed by atoms with Crippen molar-refractivity contribution in [3.63, 3.8) is 0 Å². The van der Waals surface area contributed by atoms with Gasteiger partial charge < -0.3 is 0 Å². The molecule has 82 valence electrons. The first-order valence-corrected chi connectivity index (χ1v) is 5.16. The SMILES string of the molecule is O=Cc1ccccc1C(=O)[N+]c1ccccc1. The van der Waals surface area contributed by atoms with Crippen molar-refractivity contribution in [1.29, 1.82) is 0 Å². The van der Waals surface area contributed by atoms with E-state index in [0.29, 0.717) is 23.1 Å². The summed E-state index contributed by atoms with van der Waals surface area (Å²) in [5.41, 5.74) is 1.27. The van der Waals surface area contributed by atoms with Gasteiger partial charge in [-0.15, -0.1) is 0 Å². The van der Waals surface area contributed by atoms with Crippen LogP contribution in [0.3, 0.4) is 0 Å². The lowest BCUT2D eigenvalue weighted by atomic mass is 10.1. The molecule has 2 radical (unpaired) electrons. The maximum absolute atomic E-state index is 11.9. The molecule has 0 saturated carbocycles. The standard InChI is InChI=1S/C14H10NO2/c16-10-11-6-4-5-9-13(11)14(17)15-12-7-2-1-3-8-12/h1-10H/q+1. The van der Waals surface area contributed by atoms with Gasteiger partial charge in [-0.2, -0.15) is 0 Å². The molecule has 0 aliphatic rings. The molecule has 2 rings (SSSR count). The smallest absolute Gasteiger partial charge is 0.298 e. The number of carbonyl (C=O) groups excluding carboxylic acids is 2. The van der Waals surface area contributed by atoms with Crippen LogP contribution in [0.25, 0.3) is 0 Å². The fourth-order valence-corrected chi connectivity index (χ4v) is 1.47. The predicted octanol–water partition coefficient (Wildman–Crippen LogP) is 2.58. The highest BCUT2D eigenvalue weighted by Crippen LogP contribution is 2.11. The molecule has 2 aromatic carbocycles. The van der Waals surface area contributed by atoms with Crippen LogP contribution in [-0.2, 0) is 0 Å². The van der Waals surface area contributed by atoms with Crippen LogP contribution in [0, 0.1) is 0 Å². The van der Waals surface area contributed by atoms with Gasteiger partial charge in [-0.05, 0) is 6.07 Å². The number of para-hydroxylation sites is 1. The molecule has 0 heterocycles. The Bertz CT molecular complexity index is 535. The van der Waals surface area contributed by atoms with Crippen LogP contribution in [0.4, 0.5) is 5.69 Å². The van der Waals surface area contributed by atoms with Gasteiger partial charge in [0.25, 0.3) is 5.69 Å². The molecule has 3 nitrogen and oxygen atoms in total. The van der Waals surface area contributed by atoms with Crippen molar-refractivity contribution in [3.05, 3.63) is 65.7 Å². The van der Waals surface area contributed by atoms with Crippen LogP contribution in [0.5, 0.6) is 0 Å². The molecule has 0 bridgehead atoms. The van der Waals surface area contributed by atoms with Crippen LogP contribution in [0.2, 0.25) is 0 Å². The van der Waals surface area contributed by atoms with Gasteiger partial charge in [-0.3, -0.25) is 4.79 Å². The molecule has 0 aliphatic heterocycles. The van der Waals surface area contributed by atoms with Crippen molar-refractivity contribution in [2.45, 2.75) is 0 Å². The molecule has 1 amide bonds. The second-order valence-electron chi connectivity index (χ2n) is 3.46. The number of benzene rings is 2. The quantitative estimate of drug-likeness (QED) is 0.752. The summed E-state index contributed by atoms with van der Waals surface area (Å²) in [4.78, 5) is 22.7. The van der Waals surface area contributed by atoms with E-state index >= 15 is 0 Å². The van der Waals surface area contributed by atoms with Crippen molar-refractivity contribution >= 4 is 17.9 Å². The first-order chi connectivity index (χ1) is 8.31. The average molecular weight is 224 g/mol. The van der Waals surface area contributed by atoms with E-state index in [4.69, 9.17) is 0 Å². The Labute approximate surface area is 99.1 Å². The summed E-state index contributed by atoms with van der Waals surface area (Å²) < 4.78 is 0. The maximum atomic E-state index is 11.9. The highest BCUT2D eigenvalue weighted by atomic mass is 16.1. The molecule has 0 atom stereocenters. The normalized spacial score (nSPS) is 9.88. The molecular weight excluding hydrogens is 214 g/mol. The van der Waals surface area contributed by atoms with Gasteiger partial charge in [0.05, 0.1) is 0 Å². The third-order valence-corrected chi connectivity index (χ3v) is 2.31. The van der Waals surface area contributed by atoms with E-state index in [-0.39, 0.29) is 0 Å². The summed E-state index contributed by atoms with van der Waals surface area (Å²) in [6.07, 6.45) is 0.660. The fourth-order valence-electron chi connectivity index (χ4n) is 1.47. The van der Waals surface area contributed by atoms with Crippen LogP contribution >= 0.6 is 0 Å². The molecular formula is C14H10NO2+. The summed E-state index contributed by atoms with van der Waals surface area (Å²) in [6.45, 7) is 0.